The van der Waals surface area contributed by atoms with Crippen LogP contribution in [0.1, 0.15) is 23.0 Å². The predicted molar refractivity (Wildman–Crippen MR) is 86.7 cm³/mol. The van der Waals surface area contributed by atoms with Gasteiger partial charge < -0.3 is 5.32 Å². The summed E-state index contributed by atoms with van der Waals surface area (Å²) in [5, 5.41) is 9.79. The van der Waals surface area contributed by atoms with E-state index in [0.29, 0.717) is 12.0 Å². The van der Waals surface area contributed by atoms with Crippen LogP contribution in [0.3, 0.4) is 0 Å². The summed E-state index contributed by atoms with van der Waals surface area (Å²) < 4.78 is 0. The lowest BCUT2D eigenvalue weighted by molar-refractivity contribution is 0.0940. The monoisotopic (exact) mass is 307 g/mol. The van der Waals surface area contributed by atoms with Gasteiger partial charge in [0.1, 0.15) is 0 Å². The van der Waals surface area contributed by atoms with Gasteiger partial charge in [0.05, 0.1) is 11.4 Å². The number of aromatic amines is 1. The number of carbonyl (C=O) groups excluding carboxylic acids is 1. The van der Waals surface area contributed by atoms with Crippen molar-refractivity contribution in [1.82, 2.24) is 25.5 Å². The summed E-state index contributed by atoms with van der Waals surface area (Å²) in [5.41, 5.74) is 3.40. The number of benzene rings is 1. The Kier molecular flexibility index (Phi) is 4.42. The lowest BCUT2D eigenvalue weighted by Gasteiger charge is -2.13. The number of nitrogens with one attached hydrogen (secondary N) is 2. The van der Waals surface area contributed by atoms with Crippen LogP contribution >= 0.6 is 0 Å². The highest BCUT2D eigenvalue weighted by atomic mass is 16.1. The van der Waals surface area contributed by atoms with Crippen molar-refractivity contribution < 1.29 is 4.79 Å². The maximum atomic E-state index is 12.3. The van der Waals surface area contributed by atoms with Crippen molar-refractivity contribution in [2.75, 3.05) is 0 Å². The molecule has 2 aromatic heterocycles. The first-order valence-electron chi connectivity index (χ1n) is 7.38. The molecule has 0 radical (unpaired) electrons. The van der Waals surface area contributed by atoms with Crippen molar-refractivity contribution in [3.05, 3.63) is 66.4 Å². The number of H-pyrrole nitrogens is 1. The molecule has 3 rings (SSSR count). The van der Waals surface area contributed by atoms with Crippen LogP contribution in [0.15, 0.2) is 55.1 Å². The first kappa shape index (κ1) is 14.9. The van der Waals surface area contributed by atoms with Crippen LogP contribution in [0.25, 0.3) is 11.3 Å². The van der Waals surface area contributed by atoms with E-state index in [1.807, 2.05) is 25.1 Å². The molecule has 0 saturated heterocycles. The molecule has 0 aliphatic carbocycles. The average molecular weight is 307 g/mol. The van der Waals surface area contributed by atoms with E-state index in [-0.39, 0.29) is 11.9 Å². The van der Waals surface area contributed by atoms with E-state index in [9.17, 15) is 4.79 Å². The number of hydrogen-bond donors (Lipinski definition) is 2. The minimum absolute atomic E-state index is 0.0218. The van der Waals surface area contributed by atoms with Crippen LogP contribution in [0.4, 0.5) is 0 Å². The van der Waals surface area contributed by atoms with Crippen molar-refractivity contribution in [1.29, 1.82) is 0 Å². The van der Waals surface area contributed by atoms with Crippen molar-refractivity contribution in [3.8, 4) is 11.3 Å². The van der Waals surface area contributed by atoms with Gasteiger partial charge in [0, 0.05) is 42.8 Å². The van der Waals surface area contributed by atoms with Crippen LogP contribution in [0.2, 0.25) is 0 Å². The van der Waals surface area contributed by atoms with Crippen LogP contribution in [0.5, 0.6) is 0 Å². The Bertz CT molecular complexity index is 753. The summed E-state index contributed by atoms with van der Waals surface area (Å²) in [6.45, 7) is 1.95. The Morgan fingerprint density at radius 1 is 1.17 bits per heavy atom. The third-order valence-electron chi connectivity index (χ3n) is 3.47. The van der Waals surface area contributed by atoms with Gasteiger partial charge in [-0.3, -0.25) is 19.9 Å². The molecule has 1 amide bonds. The number of rotatable bonds is 5. The van der Waals surface area contributed by atoms with Crippen molar-refractivity contribution in [3.63, 3.8) is 0 Å². The fourth-order valence-corrected chi connectivity index (χ4v) is 2.33. The van der Waals surface area contributed by atoms with E-state index in [2.05, 4.69) is 25.5 Å². The second-order valence-electron chi connectivity index (χ2n) is 5.32. The SMILES string of the molecule is C[C@@H](Cc1cnccn1)NC(=O)c1ccc(-c2ccn[nH]2)cc1. The molecule has 6 heteroatoms. The molecule has 0 spiro atoms. The summed E-state index contributed by atoms with van der Waals surface area (Å²) in [6.07, 6.45) is 7.34. The molecule has 0 fully saturated rings. The largest absolute Gasteiger partial charge is 0.349 e. The first-order valence-corrected chi connectivity index (χ1v) is 7.38. The Balaban J connectivity index is 1.61. The van der Waals surface area contributed by atoms with E-state index < -0.39 is 0 Å². The standard InChI is InChI=1S/C17H17N5O/c1-12(10-15-11-18-8-9-19-15)21-17(23)14-4-2-13(3-5-14)16-6-7-20-22-16/h2-9,11-12H,10H2,1H3,(H,20,22)(H,21,23)/t12-/m0/s1. The lowest BCUT2D eigenvalue weighted by Crippen LogP contribution is -2.34. The summed E-state index contributed by atoms with van der Waals surface area (Å²) >= 11 is 0. The lowest BCUT2D eigenvalue weighted by atomic mass is 10.1. The number of aromatic nitrogens is 4. The highest BCUT2D eigenvalue weighted by molar-refractivity contribution is 5.94. The van der Waals surface area contributed by atoms with Gasteiger partial charge in [-0.15, -0.1) is 0 Å². The van der Waals surface area contributed by atoms with E-state index in [0.717, 1.165) is 17.0 Å². The summed E-state index contributed by atoms with van der Waals surface area (Å²) in [4.78, 5) is 20.5. The van der Waals surface area contributed by atoms with Gasteiger partial charge in [-0.1, -0.05) is 12.1 Å². The zero-order chi connectivity index (χ0) is 16.1. The number of hydrogen-bond acceptors (Lipinski definition) is 4. The zero-order valence-electron chi connectivity index (χ0n) is 12.7. The fourth-order valence-electron chi connectivity index (χ4n) is 2.33. The van der Waals surface area contributed by atoms with Crippen LogP contribution in [-0.4, -0.2) is 32.1 Å². The molecule has 23 heavy (non-hydrogen) atoms. The molecule has 0 unspecified atom stereocenters. The molecule has 6 nitrogen and oxygen atoms in total. The molecule has 1 aromatic carbocycles. The smallest absolute Gasteiger partial charge is 0.251 e. The second kappa shape index (κ2) is 6.83. The molecule has 3 aromatic rings. The van der Waals surface area contributed by atoms with Gasteiger partial charge in [0.15, 0.2) is 0 Å². The summed E-state index contributed by atoms with van der Waals surface area (Å²) in [6, 6.07) is 9.27. The molecule has 1 atom stereocenters. The van der Waals surface area contributed by atoms with Crippen LogP contribution in [0, 0.1) is 0 Å². The predicted octanol–water partition coefficient (Wildman–Crippen LogP) is 2.23. The molecule has 0 saturated carbocycles. The van der Waals surface area contributed by atoms with E-state index in [4.69, 9.17) is 0 Å². The molecule has 2 heterocycles. The third-order valence-corrected chi connectivity index (χ3v) is 3.47. The quantitative estimate of drug-likeness (QED) is 0.757. The molecular weight excluding hydrogens is 290 g/mol. The number of amides is 1. The van der Waals surface area contributed by atoms with E-state index >= 15 is 0 Å². The van der Waals surface area contributed by atoms with Crippen molar-refractivity contribution in [2.24, 2.45) is 0 Å². The maximum Gasteiger partial charge on any atom is 0.251 e. The molecule has 116 valence electrons. The number of nitrogens with zero attached hydrogens (tertiary/aromatic N) is 3. The minimum Gasteiger partial charge on any atom is -0.349 e. The average Bonchev–Trinajstić information content (AvgIpc) is 3.10. The highest BCUT2D eigenvalue weighted by Crippen LogP contribution is 2.16. The van der Waals surface area contributed by atoms with E-state index in [1.54, 1.807) is 36.9 Å². The van der Waals surface area contributed by atoms with E-state index in [1.165, 1.54) is 0 Å². The maximum absolute atomic E-state index is 12.3. The van der Waals surface area contributed by atoms with Gasteiger partial charge in [-0.25, -0.2) is 0 Å². The Labute approximate surface area is 134 Å². The van der Waals surface area contributed by atoms with Crippen molar-refractivity contribution in [2.45, 2.75) is 19.4 Å². The highest BCUT2D eigenvalue weighted by Gasteiger charge is 2.11. The molecule has 0 aliphatic heterocycles. The number of carbonyl (C=O) groups is 1. The normalized spacial score (nSPS) is 11.9. The Morgan fingerprint density at radius 3 is 2.65 bits per heavy atom. The van der Waals surface area contributed by atoms with Gasteiger partial charge in [0.25, 0.3) is 5.91 Å². The van der Waals surface area contributed by atoms with Gasteiger partial charge in [0.2, 0.25) is 0 Å². The second-order valence-corrected chi connectivity index (χ2v) is 5.32. The topological polar surface area (TPSA) is 83.6 Å². The molecule has 0 aliphatic rings. The summed E-state index contributed by atoms with van der Waals surface area (Å²) in [7, 11) is 0. The third kappa shape index (κ3) is 3.79. The van der Waals surface area contributed by atoms with Gasteiger partial charge in [-0.2, -0.15) is 5.10 Å². The molecule has 2 N–H and O–H groups in total. The minimum atomic E-state index is -0.0995. The zero-order valence-corrected chi connectivity index (χ0v) is 12.7. The molecule has 0 bridgehead atoms. The molecular formula is C17H17N5O. The van der Waals surface area contributed by atoms with Crippen LogP contribution in [-0.2, 0) is 6.42 Å². The van der Waals surface area contributed by atoms with Gasteiger partial charge >= 0.3 is 0 Å². The van der Waals surface area contributed by atoms with Crippen LogP contribution < -0.4 is 5.32 Å². The fraction of sp³-hybridized carbons (Fsp3) is 0.176. The Morgan fingerprint density at radius 2 is 2.00 bits per heavy atom. The first-order chi connectivity index (χ1) is 11.2. The Hall–Kier alpha value is -3.02. The van der Waals surface area contributed by atoms with Crippen molar-refractivity contribution >= 4 is 5.91 Å². The van der Waals surface area contributed by atoms with Gasteiger partial charge in [-0.05, 0) is 30.7 Å². The summed E-state index contributed by atoms with van der Waals surface area (Å²) in [5.74, 6) is -0.0995.